The highest BCUT2D eigenvalue weighted by Gasteiger charge is 2.28. The molecule has 1 amide bonds. The Bertz CT molecular complexity index is 912. The maximum Gasteiger partial charge on any atom is 0.238 e. The van der Waals surface area contributed by atoms with Crippen molar-refractivity contribution in [2.45, 2.75) is 45.6 Å². The van der Waals surface area contributed by atoms with Crippen LogP contribution in [-0.4, -0.2) is 43.8 Å². The van der Waals surface area contributed by atoms with Crippen molar-refractivity contribution in [3.05, 3.63) is 41.7 Å². The zero-order valence-corrected chi connectivity index (χ0v) is 15.6. The summed E-state index contributed by atoms with van der Waals surface area (Å²) in [5.41, 5.74) is 2.17. The van der Waals surface area contributed by atoms with E-state index in [1.807, 2.05) is 11.8 Å². The van der Waals surface area contributed by atoms with Gasteiger partial charge in [-0.2, -0.15) is 10.1 Å². The largest absolute Gasteiger partial charge is 0.461 e. The molecular weight excluding hydrogens is 346 g/mol. The molecule has 1 saturated heterocycles. The molecule has 3 aromatic heterocycles. The van der Waals surface area contributed by atoms with E-state index in [0.29, 0.717) is 36.7 Å². The quantitative estimate of drug-likeness (QED) is 0.663. The summed E-state index contributed by atoms with van der Waals surface area (Å²) in [6.07, 6.45) is 4.25. The van der Waals surface area contributed by atoms with Gasteiger partial charge in [0.1, 0.15) is 0 Å². The maximum atomic E-state index is 12.5. The molecule has 4 rings (SSSR count). The van der Waals surface area contributed by atoms with Crippen molar-refractivity contribution in [3.8, 4) is 11.6 Å². The number of aromatic nitrogens is 4. The van der Waals surface area contributed by atoms with Crippen LogP contribution in [0.3, 0.4) is 0 Å². The van der Waals surface area contributed by atoms with Crippen LogP contribution in [0, 0.1) is 13.8 Å². The summed E-state index contributed by atoms with van der Waals surface area (Å²) >= 11 is 0. The number of carbonyl (C=O) groups excluding carboxylic acids is 1. The summed E-state index contributed by atoms with van der Waals surface area (Å²) in [6.45, 7) is 5.57. The van der Waals surface area contributed by atoms with E-state index in [-0.39, 0.29) is 11.9 Å². The van der Waals surface area contributed by atoms with Crippen LogP contribution in [0.4, 0.5) is 0 Å². The average molecular weight is 369 g/mol. The number of hydrogen-bond acceptors (Lipinski definition) is 6. The Kier molecular flexibility index (Phi) is 4.79. The van der Waals surface area contributed by atoms with Gasteiger partial charge in [0.15, 0.2) is 5.76 Å². The Balaban J connectivity index is 1.26. The van der Waals surface area contributed by atoms with Crippen LogP contribution < -0.4 is 0 Å². The zero-order valence-electron chi connectivity index (χ0n) is 15.6. The monoisotopic (exact) mass is 369 g/mol. The van der Waals surface area contributed by atoms with E-state index in [9.17, 15) is 4.79 Å². The number of aryl methyl sites for hydroxylation is 3. The molecule has 27 heavy (non-hydrogen) atoms. The third kappa shape index (κ3) is 3.79. The number of hydrogen-bond donors (Lipinski definition) is 0. The molecule has 0 aromatic carbocycles. The number of rotatable bonds is 6. The molecule has 1 atom stereocenters. The van der Waals surface area contributed by atoms with E-state index >= 15 is 0 Å². The van der Waals surface area contributed by atoms with E-state index in [1.54, 1.807) is 18.4 Å². The molecule has 0 radical (unpaired) electrons. The Morgan fingerprint density at radius 3 is 3.00 bits per heavy atom. The lowest BCUT2D eigenvalue weighted by molar-refractivity contribution is -0.130. The minimum Gasteiger partial charge on any atom is -0.461 e. The van der Waals surface area contributed by atoms with Crippen molar-refractivity contribution in [3.63, 3.8) is 0 Å². The van der Waals surface area contributed by atoms with E-state index in [4.69, 9.17) is 8.94 Å². The van der Waals surface area contributed by atoms with Crippen molar-refractivity contribution in [2.75, 3.05) is 13.1 Å². The number of nitrogens with zero attached hydrogens (tertiary/aromatic N) is 5. The van der Waals surface area contributed by atoms with Crippen LogP contribution in [0.5, 0.6) is 0 Å². The normalized spacial score (nSPS) is 17.0. The molecule has 1 aliphatic heterocycles. The van der Waals surface area contributed by atoms with E-state index in [0.717, 1.165) is 30.9 Å². The Morgan fingerprint density at radius 2 is 2.26 bits per heavy atom. The summed E-state index contributed by atoms with van der Waals surface area (Å²) in [7, 11) is 0. The van der Waals surface area contributed by atoms with Gasteiger partial charge in [-0.15, -0.1) is 0 Å². The first-order chi connectivity index (χ1) is 13.1. The number of likely N-dealkylation sites (tertiary alicyclic amines) is 1. The molecule has 1 aliphatic rings. The summed E-state index contributed by atoms with van der Waals surface area (Å²) < 4.78 is 12.5. The van der Waals surface area contributed by atoms with E-state index < -0.39 is 0 Å². The third-order valence-corrected chi connectivity index (χ3v) is 4.90. The summed E-state index contributed by atoms with van der Waals surface area (Å²) in [4.78, 5) is 18.7. The highest BCUT2D eigenvalue weighted by Crippen LogP contribution is 2.24. The lowest BCUT2D eigenvalue weighted by Crippen LogP contribution is -2.29. The topological polar surface area (TPSA) is 90.2 Å². The number of carbonyl (C=O) groups is 1. The van der Waals surface area contributed by atoms with Crippen LogP contribution in [0.2, 0.25) is 0 Å². The van der Waals surface area contributed by atoms with Crippen molar-refractivity contribution in [2.24, 2.45) is 0 Å². The first-order valence-electron chi connectivity index (χ1n) is 9.27. The molecule has 0 saturated carbocycles. The number of amides is 1. The molecule has 0 spiro atoms. The molecule has 142 valence electrons. The van der Waals surface area contributed by atoms with Crippen molar-refractivity contribution >= 4 is 5.91 Å². The molecule has 3 aromatic rings. The fourth-order valence-corrected chi connectivity index (χ4v) is 3.59. The van der Waals surface area contributed by atoms with Gasteiger partial charge in [-0.3, -0.25) is 9.48 Å². The SMILES string of the molecule is Cc1cc(C)n([C@@H]2CCN(C(=O)CCCc3nc(-c4ccco4)no3)C2)n1. The van der Waals surface area contributed by atoms with Gasteiger partial charge < -0.3 is 13.8 Å². The predicted octanol–water partition coefficient (Wildman–Crippen LogP) is 2.94. The lowest BCUT2D eigenvalue weighted by Gasteiger charge is -2.17. The minimum absolute atomic E-state index is 0.171. The van der Waals surface area contributed by atoms with Crippen LogP contribution >= 0.6 is 0 Å². The fourth-order valence-electron chi connectivity index (χ4n) is 3.59. The second-order valence-corrected chi connectivity index (χ2v) is 7.00. The zero-order chi connectivity index (χ0) is 18.8. The maximum absolute atomic E-state index is 12.5. The second kappa shape index (κ2) is 7.38. The molecule has 0 bridgehead atoms. The minimum atomic E-state index is 0.171. The highest BCUT2D eigenvalue weighted by molar-refractivity contribution is 5.76. The first-order valence-corrected chi connectivity index (χ1v) is 9.27. The summed E-state index contributed by atoms with van der Waals surface area (Å²) in [5, 5.41) is 8.46. The van der Waals surface area contributed by atoms with Gasteiger partial charge >= 0.3 is 0 Å². The predicted molar refractivity (Wildman–Crippen MR) is 96.9 cm³/mol. The van der Waals surface area contributed by atoms with Crippen molar-refractivity contribution in [1.29, 1.82) is 0 Å². The molecule has 8 heteroatoms. The summed E-state index contributed by atoms with van der Waals surface area (Å²) in [6, 6.07) is 5.91. The van der Waals surface area contributed by atoms with Gasteiger partial charge in [0.25, 0.3) is 0 Å². The smallest absolute Gasteiger partial charge is 0.238 e. The Hall–Kier alpha value is -2.90. The third-order valence-electron chi connectivity index (χ3n) is 4.90. The van der Waals surface area contributed by atoms with Gasteiger partial charge in [-0.25, -0.2) is 0 Å². The van der Waals surface area contributed by atoms with E-state index in [2.05, 4.69) is 32.9 Å². The van der Waals surface area contributed by atoms with Crippen LogP contribution in [-0.2, 0) is 11.2 Å². The van der Waals surface area contributed by atoms with Crippen LogP contribution in [0.1, 0.15) is 42.6 Å². The number of furan rings is 1. The van der Waals surface area contributed by atoms with Gasteiger partial charge in [0.2, 0.25) is 17.6 Å². The molecule has 8 nitrogen and oxygen atoms in total. The van der Waals surface area contributed by atoms with E-state index in [1.165, 1.54) is 0 Å². The standard InChI is InChI=1S/C19H23N5O3/c1-13-11-14(2)24(21-13)15-8-9-23(12-15)18(25)7-3-6-17-20-19(22-27-17)16-5-4-10-26-16/h4-5,10-11,15H,3,6-9,12H2,1-2H3/t15-/m1/s1. The molecule has 0 unspecified atom stereocenters. The summed E-state index contributed by atoms with van der Waals surface area (Å²) in [5.74, 6) is 1.71. The van der Waals surface area contributed by atoms with Gasteiger partial charge in [-0.1, -0.05) is 5.16 Å². The van der Waals surface area contributed by atoms with Crippen molar-refractivity contribution in [1.82, 2.24) is 24.8 Å². The molecule has 0 aliphatic carbocycles. The Labute approximate surface area is 157 Å². The lowest BCUT2D eigenvalue weighted by atomic mass is 10.2. The van der Waals surface area contributed by atoms with Gasteiger partial charge in [-0.05, 0) is 44.9 Å². The second-order valence-electron chi connectivity index (χ2n) is 7.00. The first kappa shape index (κ1) is 17.5. The van der Waals surface area contributed by atoms with Crippen LogP contribution in [0.25, 0.3) is 11.6 Å². The van der Waals surface area contributed by atoms with Gasteiger partial charge in [0.05, 0.1) is 18.0 Å². The Morgan fingerprint density at radius 1 is 1.37 bits per heavy atom. The molecular formula is C19H23N5O3. The van der Waals surface area contributed by atoms with Gasteiger partial charge in [0, 0.05) is 31.6 Å². The molecule has 1 fully saturated rings. The average Bonchev–Trinajstić information content (AvgIpc) is 3.42. The highest BCUT2D eigenvalue weighted by atomic mass is 16.5. The molecule has 4 heterocycles. The van der Waals surface area contributed by atoms with Crippen LogP contribution in [0.15, 0.2) is 33.4 Å². The molecule has 0 N–H and O–H groups in total. The van der Waals surface area contributed by atoms with Crippen molar-refractivity contribution < 1.29 is 13.7 Å². The fraction of sp³-hybridized carbons (Fsp3) is 0.474.